The molecule has 0 aliphatic heterocycles. The molecule has 0 spiro atoms. The van der Waals surface area contributed by atoms with Crippen LogP contribution in [0.15, 0.2) is 34.5 Å². The van der Waals surface area contributed by atoms with Gasteiger partial charge in [-0.25, -0.2) is 13.2 Å². The van der Waals surface area contributed by atoms with E-state index < -0.39 is 16.0 Å². The molecule has 2 fully saturated rings. The van der Waals surface area contributed by atoms with Crippen LogP contribution in [0.4, 0.5) is 5.69 Å². The molecule has 1 heterocycles. The molecule has 1 aromatic heterocycles. The van der Waals surface area contributed by atoms with Crippen LogP contribution >= 0.6 is 11.3 Å². The summed E-state index contributed by atoms with van der Waals surface area (Å²) in [6.45, 7) is 0. The number of carboxylic acids is 1. The molecule has 2 aliphatic carbocycles. The fraction of sp³-hybridized carbons (Fsp3) is 0.686. The van der Waals surface area contributed by atoms with Gasteiger partial charge >= 0.3 is 5.97 Å². The first-order valence-electron chi connectivity index (χ1n) is 16.9. The number of aromatic carboxylic acids is 1. The van der Waals surface area contributed by atoms with Crippen molar-refractivity contribution >= 4 is 33.0 Å². The molecule has 2 N–H and O–H groups in total. The van der Waals surface area contributed by atoms with Crippen LogP contribution in [0.1, 0.15) is 150 Å². The van der Waals surface area contributed by atoms with Crippen LogP contribution in [-0.2, 0) is 10.0 Å². The minimum absolute atomic E-state index is 0.0395. The van der Waals surface area contributed by atoms with Crippen molar-refractivity contribution < 1.29 is 23.1 Å². The highest BCUT2D eigenvalue weighted by Crippen LogP contribution is 2.39. The fourth-order valence-electron chi connectivity index (χ4n) is 7.28. The second-order valence-electron chi connectivity index (χ2n) is 12.9. The van der Waals surface area contributed by atoms with Gasteiger partial charge < -0.3 is 9.84 Å². The van der Waals surface area contributed by atoms with E-state index in [9.17, 15) is 18.3 Å². The predicted octanol–water partition coefficient (Wildman–Crippen LogP) is 10.4. The number of anilines is 1. The summed E-state index contributed by atoms with van der Waals surface area (Å²) in [6, 6.07) is 7.86. The number of nitrogens with one attached hydrogen (secondary N) is 1. The zero-order valence-electron chi connectivity index (χ0n) is 26.2. The van der Waals surface area contributed by atoms with E-state index in [2.05, 4.69) is 4.72 Å². The highest BCUT2D eigenvalue weighted by atomic mass is 32.2. The molecule has 6 nitrogen and oxygen atoms in total. The van der Waals surface area contributed by atoms with E-state index in [1.54, 1.807) is 6.07 Å². The zero-order chi connectivity index (χ0) is 30.5. The zero-order valence-corrected chi connectivity index (χ0v) is 27.8. The molecule has 0 saturated heterocycles. The predicted molar refractivity (Wildman–Crippen MR) is 177 cm³/mol. The lowest BCUT2D eigenvalue weighted by atomic mass is 9.78. The van der Waals surface area contributed by atoms with Gasteiger partial charge in [0.05, 0.1) is 18.4 Å². The average Bonchev–Trinajstić information content (AvgIpc) is 3.47. The molecular formula is C35H53NO5S2. The van der Waals surface area contributed by atoms with E-state index >= 15 is 0 Å². The number of hydrogen-bond acceptors (Lipinski definition) is 5. The van der Waals surface area contributed by atoms with Crippen molar-refractivity contribution in [1.82, 2.24) is 0 Å². The van der Waals surface area contributed by atoms with Gasteiger partial charge in [-0.05, 0) is 60.9 Å². The molecule has 8 heteroatoms. The first-order chi connectivity index (χ1) is 20.9. The molecule has 2 saturated carbocycles. The third-order valence-corrected chi connectivity index (χ3v) is 12.9. The number of carboxylic acid groups (broad SMARTS) is 1. The monoisotopic (exact) mass is 631 g/mol. The van der Waals surface area contributed by atoms with Gasteiger partial charge in [-0.3, -0.25) is 4.72 Å². The SMILES string of the molecule is COc1cc(C(=O)O)ccc1NS(=O)(=O)c1ccc(C2CCCCCC(C3CCCCCCCCCCC3)CCCC2)s1. The Kier molecular flexibility index (Phi) is 13.7. The lowest BCUT2D eigenvalue weighted by molar-refractivity contribution is 0.0696. The maximum atomic E-state index is 13.3. The third-order valence-electron chi connectivity index (χ3n) is 9.78. The average molecular weight is 632 g/mol. The normalized spacial score (nSPS) is 22.8. The van der Waals surface area contributed by atoms with Crippen LogP contribution < -0.4 is 9.46 Å². The van der Waals surface area contributed by atoms with Gasteiger partial charge in [0.2, 0.25) is 0 Å². The molecule has 240 valence electrons. The molecule has 2 aliphatic rings. The van der Waals surface area contributed by atoms with Crippen molar-refractivity contribution in [3.63, 3.8) is 0 Å². The van der Waals surface area contributed by atoms with Crippen LogP contribution in [0.3, 0.4) is 0 Å². The number of hydrogen-bond donors (Lipinski definition) is 2. The molecule has 2 aromatic rings. The van der Waals surface area contributed by atoms with Crippen molar-refractivity contribution in [2.24, 2.45) is 11.8 Å². The maximum absolute atomic E-state index is 13.3. The summed E-state index contributed by atoms with van der Waals surface area (Å²) >= 11 is 1.37. The highest BCUT2D eigenvalue weighted by molar-refractivity contribution is 7.94. The number of sulfonamides is 1. The van der Waals surface area contributed by atoms with E-state index in [0.29, 0.717) is 5.92 Å². The number of benzene rings is 1. The van der Waals surface area contributed by atoms with Crippen molar-refractivity contribution in [2.45, 2.75) is 139 Å². The lowest BCUT2D eigenvalue weighted by Gasteiger charge is -2.28. The standard InChI is InChI=1S/C35H53NO5S2/c1-41-32-26-30(35(37)38)22-23-31(32)36-43(39,40)34-25-24-33(42-34)29-20-13-9-12-18-28(19-14-15-21-29)27-16-10-7-5-3-2-4-6-8-11-17-27/h22-29,36H,2-21H2,1H3,(H,37,38). The molecule has 2 unspecified atom stereocenters. The van der Waals surface area contributed by atoms with Crippen LogP contribution in [0, 0.1) is 11.8 Å². The Bertz CT molecular complexity index is 1230. The lowest BCUT2D eigenvalue weighted by Crippen LogP contribution is -2.16. The molecule has 4 rings (SSSR count). The van der Waals surface area contributed by atoms with Gasteiger partial charge in [0.1, 0.15) is 9.96 Å². The summed E-state index contributed by atoms with van der Waals surface area (Å²) in [4.78, 5) is 12.5. The summed E-state index contributed by atoms with van der Waals surface area (Å²) in [5.41, 5.74) is 0.270. The number of ether oxygens (including phenoxy) is 1. The van der Waals surface area contributed by atoms with E-state index in [1.807, 2.05) is 6.07 Å². The van der Waals surface area contributed by atoms with Crippen molar-refractivity contribution in [3.8, 4) is 5.75 Å². The van der Waals surface area contributed by atoms with Crippen molar-refractivity contribution in [1.29, 1.82) is 0 Å². The first-order valence-corrected chi connectivity index (χ1v) is 19.2. The van der Waals surface area contributed by atoms with E-state index in [1.165, 1.54) is 152 Å². The summed E-state index contributed by atoms with van der Waals surface area (Å²) in [7, 11) is -2.43. The maximum Gasteiger partial charge on any atom is 0.335 e. The van der Waals surface area contributed by atoms with E-state index in [0.717, 1.165) is 29.6 Å². The van der Waals surface area contributed by atoms with Gasteiger partial charge in [-0.2, -0.15) is 0 Å². The van der Waals surface area contributed by atoms with Crippen LogP contribution in [0.25, 0.3) is 0 Å². The van der Waals surface area contributed by atoms with E-state index in [4.69, 9.17) is 4.74 Å². The minimum Gasteiger partial charge on any atom is -0.495 e. The second-order valence-corrected chi connectivity index (χ2v) is 15.9. The number of methoxy groups -OCH3 is 1. The largest absolute Gasteiger partial charge is 0.495 e. The molecular weight excluding hydrogens is 579 g/mol. The van der Waals surface area contributed by atoms with Gasteiger partial charge in [-0.1, -0.05) is 116 Å². The molecule has 2 atom stereocenters. The highest BCUT2D eigenvalue weighted by Gasteiger charge is 2.25. The minimum atomic E-state index is -3.83. The van der Waals surface area contributed by atoms with Gasteiger partial charge in [0, 0.05) is 4.88 Å². The Morgan fingerprint density at radius 3 is 1.79 bits per heavy atom. The third kappa shape index (κ3) is 10.5. The topological polar surface area (TPSA) is 92.7 Å². The molecule has 0 amide bonds. The van der Waals surface area contributed by atoms with Gasteiger partial charge in [0.25, 0.3) is 10.0 Å². The van der Waals surface area contributed by atoms with Crippen LogP contribution in [-0.4, -0.2) is 26.6 Å². The van der Waals surface area contributed by atoms with Crippen molar-refractivity contribution in [3.05, 3.63) is 40.8 Å². The second kappa shape index (κ2) is 17.4. The Morgan fingerprint density at radius 1 is 0.744 bits per heavy atom. The van der Waals surface area contributed by atoms with Crippen LogP contribution in [0.5, 0.6) is 5.75 Å². The van der Waals surface area contributed by atoms with Gasteiger partial charge in [-0.15, -0.1) is 11.3 Å². The Balaban J connectivity index is 1.36. The summed E-state index contributed by atoms with van der Waals surface area (Å²) < 4.78 is 34.7. The molecule has 1 aromatic carbocycles. The van der Waals surface area contributed by atoms with E-state index in [-0.39, 0.29) is 21.2 Å². The summed E-state index contributed by atoms with van der Waals surface area (Å²) in [6.07, 6.45) is 27.0. The summed E-state index contributed by atoms with van der Waals surface area (Å²) in [5, 5.41) is 9.25. The number of carbonyl (C=O) groups is 1. The number of rotatable bonds is 7. The first kappa shape index (κ1) is 33.8. The number of thiophene rings is 1. The van der Waals surface area contributed by atoms with Crippen LogP contribution in [0.2, 0.25) is 0 Å². The Hall–Kier alpha value is -2.06. The van der Waals surface area contributed by atoms with Crippen molar-refractivity contribution in [2.75, 3.05) is 11.8 Å². The Labute approximate surface area is 264 Å². The summed E-state index contributed by atoms with van der Waals surface area (Å²) in [5.74, 6) is 1.27. The quantitative estimate of drug-likeness (QED) is 0.317. The fourth-order valence-corrected chi connectivity index (χ4v) is 9.85. The molecule has 0 radical (unpaired) electrons. The Morgan fingerprint density at radius 2 is 1.23 bits per heavy atom. The molecule has 0 bridgehead atoms. The van der Waals surface area contributed by atoms with Gasteiger partial charge in [0.15, 0.2) is 0 Å². The molecule has 43 heavy (non-hydrogen) atoms. The smallest absolute Gasteiger partial charge is 0.335 e.